The van der Waals surface area contributed by atoms with Gasteiger partial charge in [0.05, 0.1) is 50.6 Å². The van der Waals surface area contributed by atoms with Crippen molar-refractivity contribution >= 4 is 30.0 Å². The van der Waals surface area contributed by atoms with E-state index in [1.807, 2.05) is 76.2 Å². The van der Waals surface area contributed by atoms with Crippen molar-refractivity contribution in [1.82, 2.24) is 50.6 Å². The van der Waals surface area contributed by atoms with Gasteiger partial charge in [-0.15, -0.1) is 0 Å². The predicted molar refractivity (Wildman–Crippen MR) is 227 cm³/mol. The van der Waals surface area contributed by atoms with E-state index in [1.165, 1.54) is 14.2 Å². The second-order valence-electron chi connectivity index (χ2n) is 15.7. The van der Waals surface area contributed by atoms with Gasteiger partial charge in [0.1, 0.15) is 29.8 Å². The van der Waals surface area contributed by atoms with Gasteiger partial charge in [0, 0.05) is 37.8 Å². The minimum Gasteiger partial charge on any atom is -0.453 e. The third kappa shape index (κ3) is 10.1. The molecule has 0 bridgehead atoms. The van der Waals surface area contributed by atoms with Crippen molar-refractivity contribution in [2.24, 2.45) is 11.8 Å². The maximum absolute atomic E-state index is 13.9. The molecule has 4 aromatic rings. The quantitative estimate of drug-likeness (QED) is 0.139. The van der Waals surface area contributed by atoms with Gasteiger partial charge in [0.25, 0.3) is 0 Å². The first-order chi connectivity index (χ1) is 29.3. The van der Waals surface area contributed by atoms with E-state index in [0.29, 0.717) is 24.7 Å². The highest BCUT2D eigenvalue weighted by atomic mass is 16.5. The molecule has 2 aliphatic rings. The number of aromatic nitrogens is 4. The standard InChI is InChI=1S/C44H54N10O7/c1-26(2)36(50-43(58)60-6)40(55)53-20-8-9-34(53)38-46-23-32(48-38)30-16-12-28(13-17-30)10-11-29-14-18-31(19-15-29)33-24-47-39(49-33)35-25-52(42(57)45-5)21-22-54(35)41(56)37(27(3)4)51-44(59)61-7/h12-19,23-24,26-27,34-37H,8-9,20-22,25H2,1-7H3,(H,45,57)(H,46,48)(H,47,49)(H,50,58)(H,51,59)/t34-,35-,36-,37-/m0/s1. The Morgan fingerprint density at radius 3 is 1.59 bits per heavy atom. The maximum atomic E-state index is 13.9. The molecule has 2 aromatic heterocycles. The summed E-state index contributed by atoms with van der Waals surface area (Å²) < 4.78 is 9.52. The minimum atomic E-state index is -0.830. The van der Waals surface area contributed by atoms with Crippen molar-refractivity contribution in [1.29, 1.82) is 0 Å². The molecule has 2 aromatic carbocycles. The average molecular weight is 835 g/mol. The Bertz CT molecular complexity index is 2260. The highest BCUT2D eigenvalue weighted by Gasteiger charge is 2.40. The number of piperazine rings is 1. The molecule has 0 spiro atoms. The summed E-state index contributed by atoms with van der Waals surface area (Å²) in [4.78, 5) is 85.2. The number of nitrogens with zero attached hydrogens (tertiary/aromatic N) is 5. The maximum Gasteiger partial charge on any atom is 0.407 e. The number of hydrogen-bond acceptors (Lipinski definition) is 9. The molecule has 0 aliphatic carbocycles. The molecule has 322 valence electrons. The fourth-order valence-corrected chi connectivity index (χ4v) is 7.61. The number of likely N-dealkylation sites (tertiary alicyclic amines) is 1. The molecule has 2 saturated heterocycles. The zero-order valence-corrected chi connectivity index (χ0v) is 35.6. The molecule has 17 nitrogen and oxygen atoms in total. The summed E-state index contributed by atoms with van der Waals surface area (Å²) in [5, 5.41) is 8.00. The van der Waals surface area contributed by atoms with Crippen LogP contribution in [0.25, 0.3) is 22.5 Å². The molecule has 61 heavy (non-hydrogen) atoms. The van der Waals surface area contributed by atoms with E-state index >= 15 is 0 Å². The second kappa shape index (κ2) is 19.5. The van der Waals surface area contributed by atoms with Crippen LogP contribution in [-0.4, -0.2) is 124 Å². The Morgan fingerprint density at radius 1 is 0.689 bits per heavy atom. The van der Waals surface area contributed by atoms with Crippen LogP contribution in [0.4, 0.5) is 14.4 Å². The number of H-pyrrole nitrogens is 2. The van der Waals surface area contributed by atoms with Crippen LogP contribution in [-0.2, 0) is 19.1 Å². The summed E-state index contributed by atoms with van der Waals surface area (Å²) >= 11 is 0. The van der Waals surface area contributed by atoms with Gasteiger partial charge < -0.3 is 50.1 Å². The molecule has 0 radical (unpaired) electrons. The normalized spacial score (nSPS) is 17.3. The lowest BCUT2D eigenvalue weighted by Gasteiger charge is -2.42. The molecule has 17 heteroatoms. The lowest BCUT2D eigenvalue weighted by Crippen LogP contribution is -2.59. The highest BCUT2D eigenvalue weighted by molar-refractivity contribution is 5.87. The van der Waals surface area contributed by atoms with Crippen molar-refractivity contribution in [2.75, 3.05) is 47.4 Å². The molecular formula is C44H54N10O7. The van der Waals surface area contributed by atoms with Crippen molar-refractivity contribution in [3.63, 3.8) is 0 Å². The van der Waals surface area contributed by atoms with Crippen LogP contribution in [0.1, 0.15) is 75.4 Å². The number of benzene rings is 2. The van der Waals surface area contributed by atoms with E-state index in [-0.39, 0.29) is 48.8 Å². The molecule has 0 saturated carbocycles. The molecular weight excluding hydrogens is 781 g/mol. The second-order valence-corrected chi connectivity index (χ2v) is 15.7. The summed E-state index contributed by atoms with van der Waals surface area (Å²) in [7, 11) is 4.09. The van der Waals surface area contributed by atoms with Crippen molar-refractivity contribution in [2.45, 2.75) is 64.7 Å². The van der Waals surface area contributed by atoms with E-state index in [1.54, 1.807) is 34.1 Å². The third-order valence-electron chi connectivity index (χ3n) is 11.0. The SMILES string of the molecule is CNC(=O)N1CCN(C(=O)[C@@H](NC(=O)OC)C(C)C)[C@H](c2ncc(-c3ccc(C#Cc4ccc(-c5cnc([C@@H]6CCCN6C(=O)[C@@H](NC(=O)OC)C(C)C)[nH]5)cc4)cc3)[nH]2)C1. The van der Waals surface area contributed by atoms with Gasteiger partial charge in [0.15, 0.2) is 0 Å². The molecule has 2 aliphatic heterocycles. The van der Waals surface area contributed by atoms with Gasteiger partial charge in [-0.2, -0.15) is 0 Å². The molecule has 2 fully saturated rings. The van der Waals surface area contributed by atoms with Crippen LogP contribution in [0.3, 0.4) is 0 Å². The summed E-state index contributed by atoms with van der Waals surface area (Å²) in [6.07, 6.45) is 3.73. The van der Waals surface area contributed by atoms with Crippen molar-refractivity contribution < 1.29 is 33.4 Å². The van der Waals surface area contributed by atoms with Crippen LogP contribution in [0.15, 0.2) is 60.9 Å². The summed E-state index contributed by atoms with van der Waals surface area (Å²) in [6, 6.07) is 12.9. The number of amides is 6. The number of hydrogen-bond donors (Lipinski definition) is 5. The molecule has 4 atom stereocenters. The zero-order valence-electron chi connectivity index (χ0n) is 35.6. The number of carbonyl (C=O) groups excluding carboxylic acids is 5. The lowest BCUT2D eigenvalue weighted by atomic mass is 10.0. The fraction of sp³-hybridized carbons (Fsp3) is 0.432. The number of nitrogens with one attached hydrogen (secondary N) is 5. The van der Waals surface area contributed by atoms with Crippen LogP contribution >= 0.6 is 0 Å². The van der Waals surface area contributed by atoms with Crippen LogP contribution < -0.4 is 16.0 Å². The number of ether oxygens (including phenoxy) is 2. The monoisotopic (exact) mass is 834 g/mol. The number of alkyl carbamates (subject to hydrolysis) is 2. The number of imidazole rings is 2. The summed E-state index contributed by atoms with van der Waals surface area (Å²) in [5.41, 5.74) is 4.98. The van der Waals surface area contributed by atoms with E-state index in [4.69, 9.17) is 9.47 Å². The largest absolute Gasteiger partial charge is 0.453 e. The number of aromatic amines is 2. The minimum absolute atomic E-state index is 0.119. The molecule has 6 rings (SSSR count). The van der Waals surface area contributed by atoms with E-state index in [0.717, 1.165) is 46.5 Å². The van der Waals surface area contributed by atoms with Gasteiger partial charge in [-0.3, -0.25) is 9.59 Å². The van der Waals surface area contributed by atoms with Crippen LogP contribution in [0.2, 0.25) is 0 Å². The lowest BCUT2D eigenvalue weighted by molar-refractivity contribution is -0.139. The molecule has 0 unspecified atom stereocenters. The molecule has 5 N–H and O–H groups in total. The molecule has 4 heterocycles. The molecule has 6 amide bonds. The Kier molecular flexibility index (Phi) is 14.0. The van der Waals surface area contributed by atoms with Gasteiger partial charge in [0.2, 0.25) is 11.8 Å². The number of rotatable bonds is 10. The van der Waals surface area contributed by atoms with E-state index < -0.39 is 30.3 Å². The van der Waals surface area contributed by atoms with Crippen LogP contribution in [0, 0.1) is 23.7 Å². The first-order valence-electron chi connectivity index (χ1n) is 20.4. The third-order valence-corrected chi connectivity index (χ3v) is 11.0. The van der Waals surface area contributed by atoms with Crippen molar-refractivity contribution in [3.05, 3.63) is 83.7 Å². The number of carbonyl (C=O) groups is 5. The average Bonchev–Trinajstić information content (AvgIpc) is 4.08. The summed E-state index contributed by atoms with van der Waals surface area (Å²) in [5.74, 6) is 6.88. The Morgan fingerprint density at radius 2 is 1.15 bits per heavy atom. The van der Waals surface area contributed by atoms with E-state index in [2.05, 4.69) is 47.7 Å². The predicted octanol–water partition coefficient (Wildman–Crippen LogP) is 4.82. The first-order valence-corrected chi connectivity index (χ1v) is 20.4. The topological polar surface area (TPSA) is 207 Å². The fourth-order valence-electron chi connectivity index (χ4n) is 7.61. The Balaban J connectivity index is 1.12. The van der Waals surface area contributed by atoms with Gasteiger partial charge in [-0.1, -0.05) is 63.8 Å². The van der Waals surface area contributed by atoms with Gasteiger partial charge >= 0.3 is 18.2 Å². The Hall–Kier alpha value is -6.83. The van der Waals surface area contributed by atoms with E-state index in [9.17, 15) is 24.0 Å². The van der Waals surface area contributed by atoms with Gasteiger partial charge in [-0.05, 0) is 60.1 Å². The Labute approximate surface area is 355 Å². The number of urea groups is 1. The van der Waals surface area contributed by atoms with Gasteiger partial charge in [-0.25, -0.2) is 24.4 Å². The summed E-state index contributed by atoms with van der Waals surface area (Å²) in [6.45, 7) is 8.82. The highest BCUT2D eigenvalue weighted by Crippen LogP contribution is 2.33. The first kappa shape index (κ1) is 43.7. The number of methoxy groups -OCH3 is 2. The smallest absolute Gasteiger partial charge is 0.407 e. The van der Waals surface area contributed by atoms with Crippen LogP contribution in [0.5, 0.6) is 0 Å². The zero-order chi connectivity index (χ0) is 43.8. The van der Waals surface area contributed by atoms with Crippen molar-refractivity contribution in [3.8, 4) is 34.4 Å².